The smallest absolute Gasteiger partial charge is 0.256 e. The molecule has 1 aliphatic heterocycles. The molecule has 0 aliphatic carbocycles. The van der Waals surface area contributed by atoms with Crippen LogP contribution in [0, 0.1) is 0 Å². The quantitative estimate of drug-likeness (QED) is 0.654. The molecule has 126 valence electrons. The van der Waals surface area contributed by atoms with Gasteiger partial charge in [0.15, 0.2) is 0 Å². The van der Waals surface area contributed by atoms with E-state index in [2.05, 4.69) is 5.32 Å². The minimum Gasteiger partial charge on any atom is -0.321 e. The molecule has 0 radical (unpaired) electrons. The van der Waals surface area contributed by atoms with Crippen LogP contribution in [-0.2, 0) is 14.8 Å². The van der Waals surface area contributed by atoms with Crippen LogP contribution < -0.4 is 10.5 Å². The van der Waals surface area contributed by atoms with Gasteiger partial charge in [0.1, 0.15) is 0 Å². The van der Waals surface area contributed by atoms with Gasteiger partial charge in [0, 0.05) is 26.2 Å². The molecule has 3 N–H and O–H groups in total. The number of anilines is 1. The van der Waals surface area contributed by atoms with Gasteiger partial charge in [0.25, 0.3) is 5.91 Å². The number of rotatable bonds is 2. The Morgan fingerprint density at radius 2 is 1.92 bits per heavy atom. The topological polar surface area (TPSA) is 89.3 Å². The number of primary sulfonamides is 1. The molecule has 0 fully saturated rings. The van der Waals surface area contributed by atoms with Crippen LogP contribution in [-0.4, -0.2) is 14.3 Å². The van der Waals surface area contributed by atoms with Crippen LogP contribution in [0.1, 0.15) is 10.4 Å². The number of thiophene rings is 1. The zero-order valence-corrected chi connectivity index (χ0v) is 15.0. The second kappa shape index (κ2) is 5.67. The predicted molar refractivity (Wildman–Crippen MR) is 101 cm³/mol. The number of fused-ring (bicyclic) bond motifs is 2. The molecule has 5 nitrogen and oxygen atoms in total. The maximum absolute atomic E-state index is 12.3. The number of benzene rings is 2. The minimum absolute atomic E-state index is 0.0453. The van der Waals surface area contributed by atoms with Crippen molar-refractivity contribution >= 4 is 66.3 Å². The molecule has 4 rings (SSSR count). The Kier molecular flexibility index (Phi) is 3.69. The van der Waals surface area contributed by atoms with Crippen molar-refractivity contribution in [3.8, 4) is 0 Å². The molecule has 0 bridgehead atoms. The first-order valence-electron chi connectivity index (χ1n) is 7.22. The first-order chi connectivity index (χ1) is 11.8. The van der Waals surface area contributed by atoms with E-state index in [9.17, 15) is 13.2 Å². The summed E-state index contributed by atoms with van der Waals surface area (Å²) in [6.45, 7) is 0. The average molecular weight is 391 g/mol. The van der Waals surface area contributed by atoms with Gasteiger partial charge in [-0.2, -0.15) is 0 Å². The molecule has 2 heterocycles. The van der Waals surface area contributed by atoms with E-state index in [4.69, 9.17) is 16.7 Å². The standard InChI is InChI=1S/C17H11ClN2O3S2/c18-16-10-3-1-2-4-14(10)24-15(16)8-12-11-7-9(25(19,22)23)5-6-13(11)20-17(12)21/h1-8H,(H,20,21)(H2,19,22,23)/b12-8+. The van der Waals surface area contributed by atoms with Gasteiger partial charge in [0.2, 0.25) is 10.0 Å². The van der Waals surface area contributed by atoms with Crippen molar-refractivity contribution in [2.75, 3.05) is 5.32 Å². The zero-order valence-electron chi connectivity index (χ0n) is 12.6. The third-order valence-corrected chi connectivity index (χ3v) is 6.49. The molecule has 3 aromatic rings. The highest BCUT2D eigenvalue weighted by atomic mass is 35.5. The molecule has 25 heavy (non-hydrogen) atoms. The summed E-state index contributed by atoms with van der Waals surface area (Å²) in [5.41, 5.74) is 1.39. The maximum Gasteiger partial charge on any atom is 0.256 e. The van der Waals surface area contributed by atoms with Crippen LogP contribution in [0.15, 0.2) is 47.4 Å². The molecular weight excluding hydrogens is 380 g/mol. The lowest BCUT2D eigenvalue weighted by Gasteiger charge is -2.02. The summed E-state index contributed by atoms with van der Waals surface area (Å²) in [4.78, 5) is 13.0. The molecule has 0 atom stereocenters. The number of nitrogens with one attached hydrogen (secondary N) is 1. The van der Waals surface area contributed by atoms with Crippen molar-refractivity contribution in [3.63, 3.8) is 0 Å². The summed E-state index contributed by atoms with van der Waals surface area (Å²) in [7, 11) is -3.86. The summed E-state index contributed by atoms with van der Waals surface area (Å²) in [6, 6.07) is 12.0. The third kappa shape index (κ3) is 2.75. The van der Waals surface area contributed by atoms with Gasteiger partial charge in [-0.05, 0) is 30.3 Å². The van der Waals surface area contributed by atoms with Gasteiger partial charge < -0.3 is 5.32 Å². The van der Waals surface area contributed by atoms with E-state index < -0.39 is 10.0 Å². The first kappa shape index (κ1) is 16.3. The number of sulfonamides is 1. The van der Waals surface area contributed by atoms with Gasteiger partial charge in [-0.3, -0.25) is 4.79 Å². The van der Waals surface area contributed by atoms with Crippen molar-refractivity contribution in [2.24, 2.45) is 5.14 Å². The van der Waals surface area contributed by atoms with E-state index in [0.29, 0.717) is 21.8 Å². The molecule has 2 aromatic carbocycles. The predicted octanol–water partition coefficient (Wildman–Crippen LogP) is 3.69. The Morgan fingerprint density at radius 3 is 2.64 bits per heavy atom. The van der Waals surface area contributed by atoms with Crippen molar-refractivity contribution in [1.82, 2.24) is 0 Å². The summed E-state index contributed by atoms with van der Waals surface area (Å²) in [6.07, 6.45) is 1.68. The number of amides is 1. The van der Waals surface area contributed by atoms with Crippen LogP contribution in [0.5, 0.6) is 0 Å². The summed E-state index contributed by atoms with van der Waals surface area (Å²) < 4.78 is 24.2. The second-order valence-electron chi connectivity index (χ2n) is 5.54. The third-order valence-electron chi connectivity index (χ3n) is 3.94. The lowest BCUT2D eigenvalue weighted by Crippen LogP contribution is -2.12. The number of hydrogen-bond donors (Lipinski definition) is 2. The number of halogens is 1. The van der Waals surface area contributed by atoms with Gasteiger partial charge in [-0.25, -0.2) is 13.6 Å². The Hall–Kier alpha value is -2.19. The fourth-order valence-electron chi connectivity index (χ4n) is 2.74. The highest BCUT2D eigenvalue weighted by Gasteiger charge is 2.26. The largest absolute Gasteiger partial charge is 0.321 e. The Morgan fingerprint density at radius 1 is 1.16 bits per heavy atom. The second-order valence-corrected chi connectivity index (χ2v) is 8.56. The molecule has 1 aliphatic rings. The Labute approximate surface area is 152 Å². The molecule has 0 unspecified atom stereocenters. The van der Waals surface area contributed by atoms with E-state index >= 15 is 0 Å². The number of carbonyl (C=O) groups is 1. The molecule has 0 saturated heterocycles. The van der Waals surface area contributed by atoms with E-state index in [0.717, 1.165) is 15.0 Å². The van der Waals surface area contributed by atoms with E-state index in [-0.39, 0.29) is 10.8 Å². The number of carbonyl (C=O) groups excluding carboxylic acids is 1. The molecule has 1 amide bonds. The summed E-state index contributed by atoms with van der Waals surface area (Å²) in [5.74, 6) is -0.310. The van der Waals surface area contributed by atoms with Crippen molar-refractivity contribution < 1.29 is 13.2 Å². The van der Waals surface area contributed by atoms with E-state index in [1.54, 1.807) is 6.08 Å². The lowest BCUT2D eigenvalue weighted by molar-refractivity contribution is -0.110. The van der Waals surface area contributed by atoms with Crippen LogP contribution in [0.25, 0.3) is 21.7 Å². The summed E-state index contributed by atoms with van der Waals surface area (Å²) in [5, 5.41) is 9.39. The molecule has 0 spiro atoms. The highest BCUT2D eigenvalue weighted by Crippen LogP contribution is 2.40. The fraction of sp³-hybridized carbons (Fsp3) is 0. The van der Waals surface area contributed by atoms with E-state index in [1.165, 1.54) is 29.5 Å². The SMILES string of the molecule is NS(=O)(=O)c1ccc2c(c1)/C(=C\c1sc3ccccc3c1Cl)C(=O)N2. The van der Waals surface area contributed by atoms with Gasteiger partial charge in [-0.1, -0.05) is 29.8 Å². The van der Waals surface area contributed by atoms with Gasteiger partial charge >= 0.3 is 0 Å². The normalized spacial score (nSPS) is 15.6. The number of hydrogen-bond acceptors (Lipinski definition) is 4. The Balaban J connectivity index is 1.90. The molecule has 8 heteroatoms. The van der Waals surface area contributed by atoms with Crippen LogP contribution in [0.2, 0.25) is 5.02 Å². The number of nitrogens with two attached hydrogens (primary N) is 1. The van der Waals surface area contributed by atoms with Gasteiger partial charge in [0.05, 0.1) is 15.5 Å². The molecule has 0 saturated carbocycles. The highest BCUT2D eigenvalue weighted by molar-refractivity contribution is 7.89. The maximum atomic E-state index is 12.3. The van der Waals surface area contributed by atoms with Crippen molar-refractivity contribution in [2.45, 2.75) is 4.90 Å². The van der Waals surface area contributed by atoms with Crippen LogP contribution in [0.3, 0.4) is 0 Å². The van der Waals surface area contributed by atoms with Crippen LogP contribution in [0.4, 0.5) is 5.69 Å². The van der Waals surface area contributed by atoms with E-state index in [1.807, 2.05) is 24.3 Å². The minimum atomic E-state index is -3.86. The van der Waals surface area contributed by atoms with Crippen LogP contribution >= 0.6 is 22.9 Å². The fourth-order valence-corrected chi connectivity index (χ4v) is 4.72. The monoisotopic (exact) mass is 390 g/mol. The van der Waals surface area contributed by atoms with Gasteiger partial charge in [-0.15, -0.1) is 11.3 Å². The van der Waals surface area contributed by atoms with Crippen molar-refractivity contribution in [3.05, 3.63) is 57.9 Å². The van der Waals surface area contributed by atoms with Crippen molar-refractivity contribution in [1.29, 1.82) is 0 Å². The average Bonchev–Trinajstić information content (AvgIpc) is 3.05. The first-order valence-corrected chi connectivity index (χ1v) is 9.96. The lowest BCUT2D eigenvalue weighted by atomic mass is 10.1. The molecule has 1 aromatic heterocycles. The zero-order chi connectivity index (χ0) is 17.8. The Bertz CT molecular complexity index is 1180. The summed E-state index contributed by atoms with van der Waals surface area (Å²) >= 11 is 7.90. The molecular formula is C17H11ClN2O3S2.